The smallest absolute Gasteiger partial charge is 0.170 e. The van der Waals surface area contributed by atoms with Gasteiger partial charge in [0.25, 0.3) is 0 Å². The number of halogens is 3. The minimum atomic E-state index is -0.642. The summed E-state index contributed by atoms with van der Waals surface area (Å²) in [5.74, 6) is -1.75. The molecule has 1 N–H and O–H groups in total. The van der Waals surface area contributed by atoms with Gasteiger partial charge in [-0.1, -0.05) is 0 Å². The van der Waals surface area contributed by atoms with Gasteiger partial charge in [-0.2, -0.15) is 0 Å². The average Bonchev–Trinajstić information content (AvgIpc) is 2.32. The summed E-state index contributed by atoms with van der Waals surface area (Å²) in [4.78, 5) is 11.9. The molecule has 1 atom stereocenters. The van der Waals surface area contributed by atoms with Gasteiger partial charge in [0.1, 0.15) is 11.6 Å². The third-order valence-electron chi connectivity index (χ3n) is 2.86. The molecule has 0 amide bonds. The molecule has 17 heavy (non-hydrogen) atoms. The molecule has 1 aromatic carbocycles. The van der Waals surface area contributed by atoms with Crippen molar-refractivity contribution < 1.29 is 13.6 Å². The SMILES string of the molecule is Cl.O=C(c1cc(F)ccc1F)C1CCCNC1. The van der Waals surface area contributed by atoms with Gasteiger partial charge in [-0.05, 0) is 37.6 Å². The van der Waals surface area contributed by atoms with Crippen molar-refractivity contribution in [3.63, 3.8) is 0 Å². The fraction of sp³-hybridized carbons (Fsp3) is 0.417. The van der Waals surface area contributed by atoms with E-state index in [0.29, 0.717) is 6.54 Å². The predicted molar refractivity (Wildman–Crippen MR) is 63.5 cm³/mol. The lowest BCUT2D eigenvalue weighted by Gasteiger charge is -2.21. The van der Waals surface area contributed by atoms with E-state index in [1.54, 1.807) is 0 Å². The highest BCUT2D eigenvalue weighted by Crippen LogP contribution is 2.19. The van der Waals surface area contributed by atoms with E-state index in [-0.39, 0.29) is 29.7 Å². The van der Waals surface area contributed by atoms with Crippen molar-refractivity contribution in [2.24, 2.45) is 5.92 Å². The molecule has 0 aliphatic carbocycles. The molecular formula is C12H14ClF2NO. The molecular weight excluding hydrogens is 248 g/mol. The predicted octanol–water partition coefficient (Wildman–Crippen LogP) is 2.57. The number of hydrogen-bond donors (Lipinski definition) is 1. The van der Waals surface area contributed by atoms with Crippen LogP contribution in [0.15, 0.2) is 18.2 Å². The largest absolute Gasteiger partial charge is 0.316 e. The molecule has 1 aliphatic heterocycles. The molecule has 2 rings (SSSR count). The van der Waals surface area contributed by atoms with Crippen molar-refractivity contribution in [2.45, 2.75) is 12.8 Å². The highest BCUT2D eigenvalue weighted by atomic mass is 35.5. The van der Waals surface area contributed by atoms with E-state index in [9.17, 15) is 13.6 Å². The average molecular weight is 262 g/mol. The lowest BCUT2D eigenvalue weighted by atomic mass is 9.91. The van der Waals surface area contributed by atoms with Gasteiger partial charge in [0.15, 0.2) is 5.78 Å². The van der Waals surface area contributed by atoms with E-state index >= 15 is 0 Å². The van der Waals surface area contributed by atoms with Crippen LogP contribution in [0.3, 0.4) is 0 Å². The van der Waals surface area contributed by atoms with E-state index in [1.165, 1.54) is 0 Å². The Labute approximate surface area is 105 Å². The standard InChI is InChI=1S/C12H13F2NO.ClH/c13-9-3-4-11(14)10(6-9)12(16)8-2-1-5-15-7-8;/h3-4,6,8,15H,1-2,5,7H2;1H. The summed E-state index contributed by atoms with van der Waals surface area (Å²) in [7, 11) is 0. The van der Waals surface area contributed by atoms with Crippen LogP contribution in [0.25, 0.3) is 0 Å². The molecule has 0 aromatic heterocycles. The maximum absolute atomic E-state index is 13.4. The highest BCUT2D eigenvalue weighted by Gasteiger charge is 2.24. The Bertz CT molecular complexity index is 405. The van der Waals surface area contributed by atoms with Crippen LogP contribution in [0.2, 0.25) is 0 Å². The van der Waals surface area contributed by atoms with Gasteiger partial charge in [-0.25, -0.2) is 8.78 Å². The van der Waals surface area contributed by atoms with E-state index in [2.05, 4.69) is 5.32 Å². The van der Waals surface area contributed by atoms with Gasteiger partial charge in [0.2, 0.25) is 0 Å². The van der Waals surface area contributed by atoms with Crippen molar-refractivity contribution in [3.05, 3.63) is 35.4 Å². The molecule has 1 aromatic rings. The lowest BCUT2D eigenvalue weighted by Crippen LogP contribution is -2.34. The van der Waals surface area contributed by atoms with E-state index in [0.717, 1.165) is 37.6 Å². The monoisotopic (exact) mass is 261 g/mol. The molecule has 0 saturated carbocycles. The number of piperidine rings is 1. The zero-order valence-corrected chi connectivity index (χ0v) is 10.0. The Morgan fingerprint density at radius 1 is 1.35 bits per heavy atom. The third kappa shape index (κ3) is 3.23. The Morgan fingerprint density at radius 2 is 2.12 bits per heavy atom. The zero-order chi connectivity index (χ0) is 11.5. The Morgan fingerprint density at radius 3 is 2.76 bits per heavy atom. The topological polar surface area (TPSA) is 29.1 Å². The summed E-state index contributed by atoms with van der Waals surface area (Å²) < 4.78 is 26.3. The van der Waals surface area contributed by atoms with E-state index in [4.69, 9.17) is 0 Å². The van der Waals surface area contributed by atoms with Crippen molar-refractivity contribution >= 4 is 18.2 Å². The number of carbonyl (C=O) groups excluding carboxylic acids is 1. The number of ketones is 1. The highest BCUT2D eigenvalue weighted by molar-refractivity contribution is 5.98. The molecule has 0 spiro atoms. The first-order valence-electron chi connectivity index (χ1n) is 5.38. The molecule has 2 nitrogen and oxygen atoms in total. The fourth-order valence-electron chi connectivity index (χ4n) is 1.98. The number of Topliss-reactive ketones (excluding diaryl/α,β-unsaturated/α-hetero) is 1. The molecule has 1 unspecified atom stereocenters. The van der Waals surface area contributed by atoms with Crippen molar-refractivity contribution in [1.29, 1.82) is 0 Å². The first kappa shape index (κ1) is 14.1. The first-order valence-corrected chi connectivity index (χ1v) is 5.38. The Hall–Kier alpha value is -1.00. The molecule has 94 valence electrons. The fourth-order valence-corrected chi connectivity index (χ4v) is 1.98. The van der Waals surface area contributed by atoms with Gasteiger partial charge < -0.3 is 5.32 Å². The van der Waals surface area contributed by atoms with Gasteiger partial charge in [0, 0.05) is 12.5 Å². The molecule has 1 heterocycles. The zero-order valence-electron chi connectivity index (χ0n) is 9.21. The molecule has 1 saturated heterocycles. The number of benzene rings is 1. The van der Waals surface area contributed by atoms with Crippen molar-refractivity contribution in [2.75, 3.05) is 13.1 Å². The van der Waals surface area contributed by atoms with Gasteiger partial charge in [-0.15, -0.1) is 12.4 Å². The lowest BCUT2D eigenvalue weighted by molar-refractivity contribution is 0.0895. The summed E-state index contributed by atoms with van der Waals surface area (Å²) in [5.41, 5.74) is -0.131. The molecule has 1 aliphatic rings. The molecule has 0 radical (unpaired) electrons. The summed E-state index contributed by atoms with van der Waals surface area (Å²) in [6.07, 6.45) is 1.63. The number of carbonyl (C=O) groups is 1. The Balaban J connectivity index is 0.00000144. The second kappa shape index (κ2) is 6.07. The van der Waals surface area contributed by atoms with Crippen LogP contribution in [0.4, 0.5) is 8.78 Å². The van der Waals surface area contributed by atoms with E-state index in [1.807, 2.05) is 0 Å². The summed E-state index contributed by atoms with van der Waals surface area (Å²) in [5, 5.41) is 3.08. The van der Waals surface area contributed by atoms with Crippen LogP contribution >= 0.6 is 12.4 Å². The maximum Gasteiger partial charge on any atom is 0.170 e. The number of rotatable bonds is 2. The first-order chi connectivity index (χ1) is 7.68. The van der Waals surface area contributed by atoms with Crippen LogP contribution < -0.4 is 5.32 Å². The van der Waals surface area contributed by atoms with Crippen LogP contribution in [0.1, 0.15) is 23.2 Å². The van der Waals surface area contributed by atoms with Crippen molar-refractivity contribution in [3.8, 4) is 0 Å². The van der Waals surface area contributed by atoms with Gasteiger partial charge in [0.05, 0.1) is 5.56 Å². The van der Waals surface area contributed by atoms with Crippen LogP contribution in [-0.4, -0.2) is 18.9 Å². The van der Waals surface area contributed by atoms with Crippen LogP contribution in [-0.2, 0) is 0 Å². The van der Waals surface area contributed by atoms with Crippen molar-refractivity contribution in [1.82, 2.24) is 5.32 Å². The van der Waals surface area contributed by atoms with Gasteiger partial charge >= 0.3 is 0 Å². The number of hydrogen-bond acceptors (Lipinski definition) is 2. The third-order valence-corrected chi connectivity index (χ3v) is 2.86. The second-order valence-electron chi connectivity index (χ2n) is 4.03. The second-order valence-corrected chi connectivity index (χ2v) is 4.03. The molecule has 0 bridgehead atoms. The minimum Gasteiger partial charge on any atom is -0.316 e. The van der Waals surface area contributed by atoms with Crippen LogP contribution in [0.5, 0.6) is 0 Å². The Kier molecular flexibility index (Phi) is 5.02. The summed E-state index contributed by atoms with van der Waals surface area (Å²) in [6.45, 7) is 1.43. The summed E-state index contributed by atoms with van der Waals surface area (Å²) in [6, 6.07) is 3.00. The minimum absolute atomic E-state index is 0. The molecule has 1 fully saturated rings. The van der Waals surface area contributed by atoms with E-state index < -0.39 is 11.6 Å². The molecule has 5 heteroatoms. The number of nitrogens with one attached hydrogen (secondary N) is 1. The van der Waals surface area contributed by atoms with Gasteiger partial charge in [-0.3, -0.25) is 4.79 Å². The maximum atomic E-state index is 13.4. The quantitative estimate of drug-likeness (QED) is 0.829. The van der Waals surface area contributed by atoms with Crippen LogP contribution in [0, 0.1) is 17.6 Å². The normalized spacial score (nSPS) is 19.5. The summed E-state index contributed by atoms with van der Waals surface area (Å²) >= 11 is 0.